The summed E-state index contributed by atoms with van der Waals surface area (Å²) < 4.78 is 13.2. The Labute approximate surface area is 164 Å². The number of thiophene rings is 1. The fraction of sp³-hybridized carbons (Fsp3) is 0.0500. The van der Waals surface area contributed by atoms with Gasteiger partial charge in [0.25, 0.3) is 0 Å². The minimum Gasteiger partial charge on any atom is -0.383 e. The zero-order valence-electron chi connectivity index (χ0n) is 14.9. The Balaban J connectivity index is 1.78. The number of amides is 2. The summed E-state index contributed by atoms with van der Waals surface area (Å²) in [6.45, 7) is 2.00. The van der Waals surface area contributed by atoms with Crippen molar-refractivity contribution in [1.29, 1.82) is 0 Å². The molecule has 0 saturated carbocycles. The van der Waals surface area contributed by atoms with E-state index in [4.69, 9.17) is 11.5 Å². The SMILES string of the molecule is Cc1sc2ncnc(N)c2c1-c1ccc(N(C(N)=O)c2ccc(F)cc2)cc1. The van der Waals surface area contributed by atoms with Crippen molar-refractivity contribution in [3.05, 3.63) is 65.6 Å². The van der Waals surface area contributed by atoms with E-state index in [1.54, 1.807) is 23.5 Å². The standard InChI is InChI=1S/C20H16FN5OS/c1-11-16(17-18(22)24-10-25-19(17)28-11)12-2-6-14(7-3-12)26(20(23)27)15-8-4-13(21)5-9-15/h2-10H,1H3,(H2,23,27)(H2,22,24,25). The summed E-state index contributed by atoms with van der Waals surface area (Å²) in [5, 5.41) is 0.822. The molecule has 0 radical (unpaired) electrons. The van der Waals surface area contributed by atoms with Gasteiger partial charge in [0.05, 0.1) is 16.8 Å². The van der Waals surface area contributed by atoms with E-state index in [0.717, 1.165) is 26.2 Å². The molecule has 0 unspecified atom stereocenters. The van der Waals surface area contributed by atoms with E-state index in [2.05, 4.69) is 9.97 Å². The molecule has 2 aromatic carbocycles. The lowest BCUT2D eigenvalue weighted by Crippen LogP contribution is -2.31. The van der Waals surface area contributed by atoms with Gasteiger partial charge in [-0.1, -0.05) is 12.1 Å². The lowest BCUT2D eigenvalue weighted by atomic mass is 10.0. The van der Waals surface area contributed by atoms with E-state index in [0.29, 0.717) is 17.2 Å². The molecule has 0 atom stereocenters. The number of benzene rings is 2. The average molecular weight is 393 g/mol. The van der Waals surface area contributed by atoms with E-state index in [1.165, 1.54) is 35.5 Å². The van der Waals surface area contributed by atoms with Crippen LogP contribution in [0.25, 0.3) is 21.3 Å². The van der Waals surface area contributed by atoms with Crippen molar-refractivity contribution >= 4 is 44.8 Å². The smallest absolute Gasteiger partial charge is 0.323 e. The summed E-state index contributed by atoms with van der Waals surface area (Å²) in [7, 11) is 0. The number of nitrogen functional groups attached to an aromatic ring is 1. The molecule has 0 bridgehead atoms. The molecular formula is C20H16FN5OS. The Morgan fingerprint density at radius 2 is 1.64 bits per heavy atom. The molecular weight excluding hydrogens is 377 g/mol. The number of aromatic nitrogens is 2. The van der Waals surface area contributed by atoms with E-state index in [9.17, 15) is 9.18 Å². The Kier molecular flexibility index (Phi) is 4.40. The molecule has 0 saturated heterocycles. The number of aryl methyl sites for hydroxylation is 1. The van der Waals surface area contributed by atoms with Gasteiger partial charge in [-0.15, -0.1) is 11.3 Å². The van der Waals surface area contributed by atoms with Gasteiger partial charge in [-0.25, -0.2) is 19.2 Å². The van der Waals surface area contributed by atoms with Crippen LogP contribution in [0.3, 0.4) is 0 Å². The number of halogens is 1. The van der Waals surface area contributed by atoms with Gasteiger partial charge in [0.15, 0.2) is 0 Å². The predicted molar refractivity (Wildman–Crippen MR) is 110 cm³/mol. The molecule has 140 valence electrons. The van der Waals surface area contributed by atoms with Crippen LogP contribution in [-0.4, -0.2) is 16.0 Å². The first kappa shape index (κ1) is 17.9. The zero-order chi connectivity index (χ0) is 19.8. The second-order valence-electron chi connectivity index (χ2n) is 6.17. The Hall–Kier alpha value is -3.52. The van der Waals surface area contributed by atoms with Crippen LogP contribution >= 0.6 is 11.3 Å². The minimum absolute atomic E-state index is 0.386. The number of hydrogen-bond acceptors (Lipinski definition) is 5. The summed E-state index contributed by atoms with van der Waals surface area (Å²) in [6.07, 6.45) is 1.45. The van der Waals surface area contributed by atoms with Crippen molar-refractivity contribution in [1.82, 2.24) is 9.97 Å². The Bertz CT molecular complexity index is 1170. The van der Waals surface area contributed by atoms with Crippen LogP contribution in [0.15, 0.2) is 54.9 Å². The van der Waals surface area contributed by atoms with Crippen LogP contribution in [0.1, 0.15) is 4.88 Å². The second-order valence-corrected chi connectivity index (χ2v) is 7.37. The van der Waals surface area contributed by atoms with Crippen LogP contribution in [0, 0.1) is 12.7 Å². The highest BCUT2D eigenvalue weighted by atomic mass is 32.1. The topological polar surface area (TPSA) is 98.1 Å². The lowest BCUT2D eigenvalue weighted by molar-refractivity contribution is 0.256. The molecule has 2 aromatic heterocycles. The van der Waals surface area contributed by atoms with Crippen LogP contribution in [0.5, 0.6) is 0 Å². The maximum Gasteiger partial charge on any atom is 0.323 e. The summed E-state index contributed by atoms with van der Waals surface area (Å²) in [5.41, 5.74) is 14.6. The van der Waals surface area contributed by atoms with Crippen molar-refractivity contribution in [3.8, 4) is 11.1 Å². The average Bonchev–Trinajstić information content (AvgIpc) is 3.01. The molecule has 4 aromatic rings. The first-order valence-electron chi connectivity index (χ1n) is 8.41. The zero-order valence-corrected chi connectivity index (χ0v) is 15.7. The highest BCUT2D eigenvalue weighted by molar-refractivity contribution is 7.19. The van der Waals surface area contributed by atoms with E-state index < -0.39 is 6.03 Å². The second kappa shape index (κ2) is 6.90. The third kappa shape index (κ3) is 3.03. The molecule has 28 heavy (non-hydrogen) atoms. The first-order chi connectivity index (χ1) is 13.5. The van der Waals surface area contributed by atoms with Gasteiger partial charge in [-0.05, 0) is 48.9 Å². The van der Waals surface area contributed by atoms with E-state index in [-0.39, 0.29) is 5.82 Å². The Morgan fingerprint density at radius 3 is 2.25 bits per heavy atom. The molecule has 0 spiro atoms. The number of hydrogen-bond donors (Lipinski definition) is 2. The number of carbonyl (C=O) groups is 1. The third-order valence-corrected chi connectivity index (χ3v) is 5.43. The van der Waals surface area contributed by atoms with Gasteiger partial charge in [-0.2, -0.15) is 0 Å². The summed E-state index contributed by atoms with van der Waals surface area (Å²) in [4.78, 5) is 23.6. The fourth-order valence-corrected chi connectivity index (χ4v) is 4.21. The number of fused-ring (bicyclic) bond motifs is 1. The van der Waals surface area contributed by atoms with Gasteiger partial charge >= 0.3 is 6.03 Å². The molecule has 6 nitrogen and oxygen atoms in total. The van der Waals surface area contributed by atoms with Gasteiger partial charge < -0.3 is 11.5 Å². The summed E-state index contributed by atoms with van der Waals surface area (Å²) >= 11 is 1.55. The van der Waals surface area contributed by atoms with Crippen LogP contribution < -0.4 is 16.4 Å². The number of nitrogens with zero attached hydrogens (tertiary/aromatic N) is 3. The Morgan fingerprint density at radius 1 is 1.04 bits per heavy atom. The molecule has 4 N–H and O–H groups in total. The number of nitrogens with two attached hydrogens (primary N) is 2. The lowest BCUT2D eigenvalue weighted by Gasteiger charge is -2.21. The first-order valence-corrected chi connectivity index (χ1v) is 9.22. The number of carbonyl (C=O) groups excluding carboxylic acids is 1. The summed E-state index contributed by atoms with van der Waals surface area (Å²) in [5.74, 6) is 0.0432. The molecule has 2 heterocycles. The maximum absolute atomic E-state index is 13.2. The van der Waals surface area contributed by atoms with Gasteiger partial charge in [0.2, 0.25) is 0 Å². The third-order valence-electron chi connectivity index (χ3n) is 4.41. The van der Waals surface area contributed by atoms with Crippen LogP contribution in [0.2, 0.25) is 0 Å². The predicted octanol–water partition coefficient (Wildman–Crippen LogP) is 4.60. The largest absolute Gasteiger partial charge is 0.383 e. The molecule has 0 aliphatic rings. The minimum atomic E-state index is -0.658. The highest BCUT2D eigenvalue weighted by Gasteiger charge is 2.18. The van der Waals surface area contributed by atoms with Crippen molar-refractivity contribution in [2.45, 2.75) is 6.92 Å². The highest BCUT2D eigenvalue weighted by Crippen LogP contribution is 2.40. The van der Waals surface area contributed by atoms with Gasteiger partial charge in [0.1, 0.15) is 22.8 Å². The molecule has 4 rings (SSSR count). The number of primary amides is 1. The van der Waals surface area contributed by atoms with E-state index in [1.807, 2.05) is 19.1 Å². The molecule has 0 aliphatic carbocycles. The van der Waals surface area contributed by atoms with Crippen molar-refractivity contribution in [3.63, 3.8) is 0 Å². The van der Waals surface area contributed by atoms with Gasteiger partial charge in [-0.3, -0.25) is 4.90 Å². The summed E-state index contributed by atoms with van der Waals surface area (Å²) in [6, 6.07) is 12.2. The van der Waals surface area contributed by atoms with Crippen molar-refractivity contribution < 1.29 is 9.18 Å². The maximum atomic E-state index is 13.2. The number of rotatable bonds is 3. The number of urea groups is 1. The fourth-order valence-electron chi connectivity index (χ4n) is 3.19. The van der Waals surface area contributed by atoms with E-state index >= 15 is 0 Å². The molecule has 8 heteroatoms. The van der Waals surface area contributed by atoms with Crippen molar-refractivity contribution in [2.75, 3.05) is 10.6 Å². The van der Waals surface area contributed by atoms with Gasteiger partial charge in [0, 0.05) is 10.4 Å². The van der Waals surface area contributed by atoms with Crippen LogP contribution in [-0.2, 0) is 0 Å². The molecule has 2 amide bonds. The molecule has 0 fully saturated rings. The quantitative estimate of drug-likeness (QED) is 0.531. The van der Waals surface area contributed by atoms with Crippen LogP contribution in [0.4, 0.5) is 26.4 Å². The van der Waals surface area contributed by atoms with Crippen molar-refractivity contribution in [2.24, 2.45) is 5.73 Å². The monoisotopic (exact) mass is 393 g/mol. The normalized spacial score (nSPS) is 10.9. The number of anilines is 3. The molecule has 0 aliphatic heterocycles.